The van der Waals surface area contributed by atoms with E-state index in [0.29, 0.717) is 0 Å². The van der Waals surface area contributed by atoms with E-state index >= 15 is 0 Å². The van der Waals surface area contributed by atoms with Crippen LogP contribution in [0, 0.1) is 0 Å². The quantitative estimate of drug-likeness (QED) is 0.789. The van der Waals surface area contributed by atoms with Gasteiger partial charge >= 0.3 is 5.97 Å². The van der Waals surface area contributed by atoms with E-state index in [0.717, 1.165) is 25.2 Å². The predicted molar refractivity (Wildman–Crippen MR) is 87.2 cm³/mol. The van der Waals surface area contributed by atoms with Gasteiger partial charge in [-0.05, 0) is 35.2 Å². The van der Waals surface area contributed by atoms with Crippen molar-refractivity contribution in [2.45, 2.75) is 20.0 Å². The molecule has 1 N–H and O–H groups in total. The summed E-state index contributed by atoms with van der Waals surface area (Å²) in [5.41, 5.74) is 2.28. The third-order valence-corrected chi connectivity index (χ3v) is 4.17. The van der Waals surface area contributed by atoms with Gasteiger partial charge in [-0.1, -0.05) is 37.3 Å². The second-order valence-corrected chi connectivity index (χ2v) is 5.76. The van der Waals surface area contributed by atoms with Crippen molar-refractivity contribution < 1.29 is 9.90 Å². The maximum Gasteiger partial charge on any atom is 0.328 e. The molecule has 0 aliphatic carbocycles. The highest BCUT2D eigenvalue weighted by Crippen LogP contribution is 2.21. The minimum absolute atomic E-state index is 0.836. The van der Waals surface area contributed by atoms with Crippen LogP contribution in [0.25, 0.3) is 6.08 Å². The van der Waals surface area contributed by atoms with Gasteiger partial charge in [0.05, 0.1) is 0 Å². The van der Waals surface area contributed by atoms with Gasteiger partial charge in [0, 0.05) is 24.0 Å². The summed E-state index contributed by atoms with van der Waals surface area (Å²) in [6.07, 6.45) is 2.86. The normalized spacial score (nSPS) is 11.3. The predicted octanol–water partition coefficient (Wildman–Crippen LogP) is 3.87. The van der Waals surface area contributed by atoms with Crippen LogP contribution < -0.4 is 0 Å². The average Bonchev–Trinajstić information content (AvgIpc) is 2.92. The lowest BCUT2D eigenvalue weighted by Gasteiger charge is -2.20. The fourth-order valence-electron chi connectivity index (χ4n) is 2.11. The minimum Gasteiger partial charge on any atom is -0.478 e. The molecule has 1 aromatic heterocycles. The molecule has 110 valence electrons. The smallest absolute Gasteiger partial charge is 0.328 e. The molecular weight excluding hydrogens is 282 g/mol. The zero-order chi connectivity index (χ0) is 15.1. The molecule has 1 heterocycles. The summed E-state index contributed by atoms with van der Waals surface area (Å²) in [6, 6.07) is 12.3. The van der Waals surface area contributed by atoms with Crippen LogP contribution in [0.4, 0.5) is 0 Å². The molecule has 0 fully saturated rings. The van der Waals surface area contributed by atoms with E-state index in [1.54, 1.807) is 17.4 Å². The molecular formula is C17H19NO2S. The summed E-state index contributed by atoms with van der Waals surface area (Å²) in [4.78, 5) is 14.2. The van der Waals surface area contributed by atoms with Crippen LogP contribution in [0.5, 0.6) is 0 Å². The minimum atomic E-state index is -0.913. The summed E-state index contributed by atoms with van der Waals surface area (Å²) in [5, 5.41) is 10.7. The molecule has 2 rings (SSSR count). The number of rotatable bonds is 7. The van der Waals surface area contributed by atoms with Crippen LogP contribution >= 0.6 is 11.3 Å². The molecule has 0 atom stereocenters. The molecule has 21 heavy (non-hydrogen) atoms. The van der Waals surface area contributed by atoms with Crippen molar-refractivity contribution in [3.63, 3.8) is 0 Å². The summed E-state index contributed by atoms with van der Waals surface area (Å²) in [5.74, 6) is -0.913. The van der Waals surface area contributed by atoms with Crippen LogP contribution in [-0.4, -0.2) is 22.5 Å². The van der Waals surface area contributed by atoms with Crippen LogP contribution in [0.3, 0.4) is 0 Å². The number of hydrogen-bond acceptors (Lipinski definition) is 3. The highest BCUT2D eigenvalue weighted by atomic mass is 32.1. The fourth-order valence-corrected chi connectivity index (χ4v) is 3.02. The first-order valence-electron chi connectivity index (χ1n) is 6.92. The van der Waals surface area contributed by atoms with Crippen LogP contribution in [0.15, 0.2) is 47.9 Å². The lowest BCUT2D eigenvalue weighted by molar-refractivity contribution is -0.131. The van der Waals surface area contributed by atoms with E-state index < -0.39 is 5.97 Å². The van der Waals surface area contributed by atoms with Gasteiger partial charge in [-0.2, -0.15) is 0 Å². The maximum absolute atomic E-state index is 10.6. The maximum atomic E-state index is 10.6. The van der Waals surface area contributed by atoms with Gasteiger partial charge < -0.3 is 5.11 Å². The number of carboxylic acids is 1. The average molecular weight is 301 g/mol. The number of carboxylic acid groups (broad SMARTS) is 1. The van der Waals surface area contributed by atoms with Gasteiger partial charge in [-0.25, -0.2) is 4.79 Å². The number of nitrogens with zero attached hydrogens (tertiary/aromatic N) is 1. The topological polar surface area (TPSA) is 40.5 Å². The Morgan fingerprint density at radius 2 is 2.00 bits per heavy atom. The molecule has 0 amide bonds. The van der Waals surface area contributed by atoms with Crippen LogP contribution in [-0.2, 0) is 17.9 Å². The zero-order valence-electron chi connectivity index (χ0n) is 12.0. The Bertz CT molecular complexity index is 604. The first-order chi connectivity index (χ1) is 10.2. The Hall–Kier alpha value is -1.91. The van der Waals surface area contributed by atoms with E-state index in [4.69, 9.17) is 5.11 Å². The highest BCUT2D eigenvalue weighted by Gasteiger charge is 2.09. The van der Waals surface area contributed by atoms with E-state index in [9.17, 15) is 4.79 Å². The Balaban J connectivity index is 2.05. The highest BCUT2D eigenvalue weighted by molar-refractivity contribution is 7.10. The molecule has 0 aliphatic heterocycles. The standard InChI is InChI=1S/C17H19NO2S/c1-2-18(12-14-6-4-3-5-7-14)13-16-15(10-11-21-16)8-9-17(19)20/h3-11H,2,12-13H2,1H3,(H,19,20). The molecule has 0 spiro atoms. The van der Waals surface area contributed by atoms with Crippen molar-refractivity contribution in [1.82, 2.24) is 4.90 Å². The molecule has 1 aromatic carbocycles. The van der Waals surface area contributed by atoms with Crippen molar-refractivity contribution in [2.75, 3.05) is 6.54 Å². The number of thiophene rings is 1. The number of benzene rings is 1. The molecule has 0 saturated carbocycles. The van der Waals surface area contributed by atoms with Gasteiger partial charge in [-0.15, -0.1) is 11.3 Å². The van der Waals surface area contributed by atoms with Crippen molar-refractivity contribution in [3.8, 4) is 0 Å². The molecule has 0 bridgehead atoms. The zero-order valence-corrected chi connectivity index (χ0v) is 12.8. The molecule has 0 aliphatic rings. The molecule has 0 saturated heterocycles. The third kappa shape index (κ3) is 4.85. The molecule has 4 heteroatoms. The Morgan fingerprint density at radius 3 is 2.67 bits per heavy atom. The van der Waals surface area contributed by atoms with E-state index in [2.05, 4.69) is 36.1 Å². The van der Waals surface area contributed by atoms with Gasteiger partial charge in [0.1, 0.15) is 0 Å². The molecule has 3 nitrogen and oxygen atoms in total. The molecule has 2 aromatic rings. The number of aliphatic carboxylic acids is 1. The van der Waals surface area contributed by atoms with Crippen LogP contribution in [0.2, 0.25) is 0 Å². The lowest BCUT2D eigenvalue weighted by Crippen LogP contribution is -2.22. The second-order valence-electron chi connectivity index (χ2n) is 4.76. The van der Waals surface area contributed by atoms with Crippen molar-refractivity contribution in [3.05, 3.63) is 63.9 Å². The monoisotopic (exact) mass is 301 g/mol. The van der Waals surface area contributed by atoms with Crippen molar-refractivity contribution in [1.29, 1.82) is 0 Å². The van der Waals surface area contributed by atoms with Gasteiger partial charge in [0.25, 0.3) is 0 Å². The SMILES string of the molecule is CCN(Cc1ccccc1)Cc1sccc1C=CC(=O)O. The first kappa shape index (κ1) is 15.5. The summed E-state index contributed by atoms with van der Waals surface area (Å²) < 4.78 is 0. The first-order valence-corrected chi connectivity index (χ1v) is 7.80. The fraction of sp³-hybridized carbons (Fsp3) is 0.235. The van der Waals surface area contributed by atoms with Crippen molar-refractivity contribution in [2.24, 2.45) is 0 Å². The number of carbonyl (C=O) groups is 1. The Labute approximate surface area is 129 Å². The van der Waals surface area contributed by atoms with E-state index in [1.807, 2.05) is 17.5 Å². The van der Waals surface area contributed by atoms with Gasteiger partial charge in [0.15, 0.2) is 0 Å². The van der Waals surface area contributed by atoms with Gasteiger partial charge in [0.2, 0.25) is 0 Å². The molecule has 0 unspecified atom stereocenters. The van der Waals surface area contributed by atoms with Crippen LogP contribution in [0.1, 0.15) is 22.9 Å². The summed E-state index contributed by atoms with van der Waals surface area (Å²) in [6.45, 7) is 4.83. The summed E-state index contributed by atoms with van der Waals surface area (Å²) in [7, 11) is 0. The molecule has 0 radical (unpaired) electrons. The second kappa shape index (κ2) is 7.76. The number of hydrogen-bond donors (Lipinski definition) is 1. The van der Waals surface area contributed by atoms with E-state index in [-0.39, 0.29) is 0 Å². The van der Waals surface area contributed by atoms with E-state index in [1.165, 1.54) is 16.5 Å². The summed E-state index contributed by atoms with van der Waals surface area (Å²) >= 11 is 1.67. The lowest BCUT2D eigenvalue weighted by atomic mass is 10.2. The third-order valence-electron chi connectivity index (χ3n) is 3.25. The Kier molecular flexibility index (Phi) is 5.72. The van der Waals surface area contributed by atoms with Crippen molar-refractivity contribution >= 4 is 23.4 Å². The Morgan fingerprint density at radius 1 is 1.24 bits per heavy atom. The van der Waals surface area contributed by atoms with Gasteiger partial charge in [-0.3, -0.25) is 4.90 Å². The largest absolute Gasteiger partial charge is 0.478 e.